The minimum Gasteiger partial charge on any atom is -0.370 e. The van der Waals surface area contributed by atoms with Crippen LogP contribution in [0.25, 0.3) is 0 Å². The minimum atomic E-state index is 0.699. The molecule has 14 heavy (non-hydrogen) atoms. The van der Waals surface area contributed by atoms with Crippen LogP contribution in [0.5, 0.6) is 0 Å². The number of thiophene rings is 1. The van der Waals surface area contributed by atoms with Gasteiger partial charge in [-0.15, -0.1) is 0 Å². The van der Waals surface area contributed by atoms with Crippen LogP contribution in [0, 0.1) is 5.92 Å². The zero-order valence-corrected chi connectivity index (χ0v) is 9.68. The maximum atomic E-state index is 3.40. The van der Waals surface area contributed by atoms with Crippen LogP contribution in [0.3, 0.4) is 0 Å². The molecular formula is C11H18N2S. The van der Waals surface area contributed by atoms with Crippen molar-refractivity contribution < 1.29 is 0 Å². The Morgan fingerprint density at radius 3 is 3.00 bits per heavy atom. The maximum Gasteiger partial charge on any atom is 0.0474 e. The van der Waals surface area contributed by atoms with Crippen LogP contribution in [0.15, 0.2) is 16.8 Å². The molecule has 1 aromatic heterocycles. The van der Waals surface area contributed by atoms with Crippen LogP contribution in [0.4, 0.5) is 5.69 Å². The summed E-state index contributed by atoms with van der Waals surface area (Å²) >= 11 is 1.78. The van der Waals surface area contributed by atoms with Crippen molar-refractivity contribution in [2.45, 2.75) is 19.4 Å². The van der Waals surface area contributed by atoms with E-state index in [4.69, 9.17) is 0 Å². The summed E-state index contributed by atoms with van der Waals surface area (Å²) in [4.78, 5) is 2.50. The molecule has 0 radical (unpaired) electrons. The number of rotatable bonds is 2. The first-order valence-corrected chi connectivity index (χ1v) is 6.20. The zero-order valence-electron chi connectivity index (χ0n) is 8.86. The van der Waals surface area contributed by atoms with Crippen molar-refractivity contribution in [1.82, 2.24) is 5.32 Å². The predicted molar refractivity (Wildman–Crippen MR) is 63.2 cm³/mol. The summed E-state index contributed by atoms with van der Waals surface area (Å²) in [6.45, 7) is 4.70. The number of hydrogen-bond donors (Lipinski definition) is 1. The van der Waals surface area contributed by atoms with Gasteiger partial charge in [0.15, 0.2) is 0 Å². The van der Waals surface area contributed by atoms with Crippen molar-refractivity contribution in [1.29, 1.82) is 0 Å². The van der Waals surface area contributed by atoms with Gasteiger partial charge in [-0.2, -0.15) is 11.3 Å². The number of anilines is 1. The molecule has 2 heterocycles. The van der Waals surface area contributed by atoms with Crippen molar-refractivity contribution in [3.8, 4) is 0 Å². The van der Waals surface area contributed by atoms with Crippen molar-refractivity contribution in [3.63, 3.8) is 0 Å². The molecule has 1 saturated heterocycles. The summed E-state index contributed by atoms with van der Waals surface area (Å²) in [5.41, 5.74) is 1.40. The molecule has 1 aromatic rings. The van der Waals surface area contributed by atoms with E-state index in [-0.39, 0.29) is 0 Å². The molecule has 2 rings (SSSR count). The van der Waals surface area contributed by atoms with Gasteiger partial charge in [0, 0.05) is 30.2 Å². The van der Waals surface area contributed by atoms with E-state index in [1.165, 1.54) is 25.2 Å². The maximum absolute atomic E-state index is 3.40. The van der Waals surface area contributed by atoms with Crippen LogP contribution in [-0.2, 0) is 0 Å². The molecule has 1 aliphatic rings. The van der Waals surface area contributed by atoms with Crippen LogP contribution in [0.2, 0.25) is 0 Å². The van der Waals surface area contributed by atoms with Gasteiger partial charge < -0.3 is 10.2 Å². The first-order chi connectivity index (χ1) is 6.81. The van der Waals surface area contributed by atoms with Crippen molar-refractivity contribution in [2.24, 2.45) is 5.92 Å². The van der Waals surface area contributed by atoms with Crippen LogP contribution < -0.4 is 10.2 Å². The molecule has 78 valence electrons. The zero-order chi connectivity index (χ0) is 9.97. The summed E-state index contributed by atoms with van der Waals surface area (Å²) in [5, 5.41) is 7.79. The highest BCUT2D eigenvalue weighted by atomic mass is 32.1. The normalized spacial score (nSPS) is 28.0. The average Bonchev–Trinajstić information content (AvgIpc) is 2.70. The highest BCUT2D eigenvalue weighted by molar-refractivity contribution is 7.08. The van der Waals surface area contributed by atoms with E-state index in [0.717, 1.165) is 5.92 Å². The lowest BCUT2D eigenvalue weighted by molar-refractivity contribution is 0.339. The van der Waals surface area contributed by atoms with Gasteiger partial charge in [-0.05, 0) is 30.8 Å². The molecule has 2 atom stereocenters. The molecular weight excluding hydrogens is 192 g/mol. The molecule has 0 spiro atoms. The third kappa shape index (κ3) is 1.93. The third-order valence-corrected chi connectivity index (χ3v) is 3.82. The Balaban J connectivity index is 1.99. The SMILES string of the molecule is CNC1CCN(c2ccsc2)CC1C. The second kappa shape index (κ2) is 4.32. The monoisotopic (exact) mass is 210 g/mol. The number of nitrogens with one attached hydrogen (secondary N) is 1. The first kappa shape index (κ1) is 9.99. The first-order valence-electron chi connectivity index (χ1n) is 5.25. The second-order valence-corrected chi connectivity index (χ2v) is 4.87. The van der Waals surface area contributed by atoms with E-state index < -0.39 is 0 Å². The molecule has 0 saturated carbocycles. The van der Waals surface area contributed by atoms with Crippen LogP contribution in [-0.4, -0.2) is 26.2 Å². The van der Waals surface area contributed by atoms with Crippen molar-refractivity contribution in [2.75, 3.05) is 25.0 Å². The van der Waals surface area contributed by atoms with E-state index in [0.29, 0.717) is 6.04 Å². The summed E-state index contributed by atoms with van der Waals surface area (Å²) in [5.74, 6) is 0.744. The van der Waals surface area contributed by atoms with Gasteiger partial charge in [-0.1, -0.05) is 6.92 Å². The fourth-order valence-electron chi connectivity index (χ4n) is 2.25. The lowest BCUT2D eigenvalue weighted by atomic mass is 9.94. The molecule has 2 unspecified atom stereocenters. The lowest BCUT2D eigenvalue weighted by Crippen LogP contribution is -2.47. The number of hydrogen-bond acceptors (Lipinski definition) is 3. The predicted octanol–water partition coefficient (Wildman–Crippen LogP) is 2.18. The van der Waals surface area contributed by atoms with E-state index >= 15 is 0 Å². The molecule has 1 fully saturated rings. The Bertz CT molecular complexity index is 271. The molecule has 3 heteroatoms. The van der Waals surface area contributed by atoms with Gasteiger partial charge in [-0.3, -0.25) is 0 Å². The Kier molecular flexibility index (Phi) is 3.08. The van der Waals surface area contributed by atoms with Gasteiger partial charge in [0.25, 0.3) is 0 Å². The van der Waals surface area contributed by atoms with E-state index in [2.05, 4.69) is 41.0 Å². The van der Waals surface area contributed by atoms with Crippen LogP contribution in [0.1, 0.15) is 13.3 Å². The average molecular weight is 210 g/mol. The van der Waals surface area contributed by atoms with Crippen LogP contribution >= 0.6 is 11.3 Å². The molecule has 0 bridgehead atoms. The van der Waals surface area contributed by atoms with Crippen molar-refractivity contribution in [3.05, 3.63) is 16.8 Å². The summed E-state index contributed by atoms with van der Waals surface area (Å²) < 4.78 is 0. The third-order valence-electron chi connectivity index (χ3n) is 3.15. The highest BCUT2D eigenvalue weighted by Crippen LogP contribution is 2.24. The largest absolute Gasteiger partial charge is 0.370 e. The summed E-state index contributed by atoms with van der Waals surface area (Å²) in [6.07, 6.45) is 1.26. The minimum absolute atomic E-state index is 0.699. The molecule has 1 N–H and O–H groups in total. The fourth-order valence-corrected chi connectivity index (χ4v) is 2.91. The van der Waals surface area contributed by atoms with E-state index in [1.807, 2.05) is 0 Å². The molecule has 0 amide bonds. The highest BCUT2D eigenvalue weighted by Gasteiger charge is 2.24. The van der Waals surface area contributed by atoms with Gasteiger partial charge in [0.2, 0.25) is 0 Å². The Labute approximate surface area is 89.9 Å². The smallest absolute Gasteiger partial charge is 0.0474 e. The van der Waals surface area contributed by atoms with Gasteiger partial charge in [0.1, 0.15) is 0 Å². The Hall–Kier alpha value is -0.540. The number of piperidine rings is 1. The standard InChI is InChI=1S/C11H18N2S/c1-9-7-13(5-3-11(9)12-2)10-4-6-14-8-10/h4,6,8-9,11-12H,3,5,7H2,1-2H3. The molecule has 1 aliphatic heterocycles. The molecule has 0 aliphatic carbocycles. The Morgan fingerprint density at radius 2 is 2.43 bits per heavy atom. The second-order valence-electron chi connectivity index (χ2n) is 4.09. The van der Waals surface area contributed by atoms with Crippen molar-refractivity contribution >= 4 is 17.0 Å². The van der Waals surface area contributed by atoms with E-state index in [9.17, 15) is 0 Å². The lowest BCUT2D eigenvalue weighted by Gasteiger charge is -2.37. The molecule has 0 aromatic carbocycles. The van der Waals surface area contributed by atoms with Gasteiger partial charge in [-0.25, -0.2) is 0 Å². The van der Waals surface area contributed by atoms with E-state index in [1.54, 1.807) is 11.3 Å². The van der Waals surface area contributed by atoms with Gasteiger partial charge >= 0.3 is 0 Å². The molecule has 2 nitrogen and oxygen atoms in total. The van der Waals surface area contributed by atoms with Gasteiger partial charge in [0.05, 0.1) is 0 Å². The number of nitrogens with zero attached hydrogens (tertiary/aromatic N) is 1. The Morgan fingerprint density at radius 1 is 1.57 bits per heavy atom. The topological polar surface area (TPSA) is 15.3 Å². The summed E-state index contributed by atoms with van der Waals surface area (Å²) in [6, 6.07) is 2.92. The fraction of sp³-hybridized carbons (Fsp3) is 0.636. The summed E-state index contributed by atoms with van der Waals surface area (Å²) in [7, 11) is 2.07. The quantitative estimate of drug-likeness (QED) is 0.805.